The lowest BCUT2D eigenvalue weighted by Crippen LogP contribution is -1.91. The van der Waals surface area contributed by atoms with E-state index >= 15 is 0 Å². The average Bonchev–Trinajstić information content (AvgIpc) is 1.38. The molecular formula is C2H5IO3. The zero-order valence-corrected chi connectivity index (χ0v) is 5.10. The smallest absolute Gasteiger partial charge is 0.313 e. The first-order chi connectivity index (χ1) is 2.27. The SMILES string of the molecule is O.O=C(O)CI. The lowest BCUT2D eigenvalue weighted by Gasteiger charge is -1.70. The van der Waals surface area contributed by atoms with Gasteiger partial charge in [-0.05, 0) is 0 Å². The van der Waals surface area contributed by atoms with Crippen LogP contribution in [0, 0.1) is 0 Å². The lowest BCUT2D eigenvalue weighted by molar-refractivity contribution is -0.133. The minimum Gasteiger partial charge on any atom is -0.481 e. The minimum absolute atomic E-state index is 0. The first-order valence-electron chi connectivity index (χ1n) is 1.05. The van der Waals surface area contributed by atoms with Gasteiger partial charge in [0.15, 0.2) is 0 Å². The van der Waals surface area contributed by atoms with Crippen molar-refractivity contribution >= 4 is 28.6 Å². The first-order valence-corrected chi connectivity index (χ1v) is 2.57. The molecule has 0 amide bonds. The van der Waals surface area contributed by atoms with Crippen molar-refractivity contribution in [3.8, 4) is 0 Å². The molecule has 0 saturated carbocycles. The molecule has 0 saturated heterocycles. The molecular weight excluding hydrogens is 199 g/mol. The summed E-state index contributed by atoms with van der Waals surface area (Å²) >= 11 is 1.78. The molecule has 0 fully saturated rings. The molecule has 38 valence electrons. The van der Waals surface area contributed by atoms with Crippen LogP contribution in [0.15, 0.2) is 0 Å². The van der Waals surface area contributed by atoms with Gasteiger partial charge in [-0.1, -0.05) is 22.6 Å². The van der Waals surface area contributed by atoms with Crippen molar-refractivity contribution in [1.82, 2.24) is 0 Å². The van der Waals surface area contributed by atoms with Gasteiger partial charge in [-0.3, -0.25) is 4.79 Å². The molecule has 3 nitrogen and oxygen atoms in total. The number of hydrogen-bond donors (Lipinski definition) is 1. The highest BCUT2D eigenvalue weighted by Crippen LogP contribution is 1.75. The summed E-state index contributed by atoms with van der Waals surface area (Å²) in [5.74, 6) is -0.759. The third-order valence-electron chi connectivity index (χ3n) is 0.114. The Kier molecular flexibility index (Phi) is 8.15. The number of carboxylic acids is 1. The summed E-state index contributed by atoms with van der Waals surface area (Å²) in [6, 6.07) is 0. The number of carbonyl (C=O) groups is 1. The highest BCUT2D eigenvalue weighted by atomic mass is 127. The molecule has 0 aromatic rings. The Bertz CT molecular complexity index is 44.1. The van der Waals surface area contributed by atoms with Crippen LogP contribution >= 0.6 is 22.6 Å². The quantitative estimate of drug-likeness (QED) is 0.469. The van der Waals surface area contributed by atoms with E-state index in [1.165, 1.54) is 0 Å². The van der Waals surface area contributed by atoms with Gasteiger partial charge >= 0.3 is 5.97 Å². The van der Waals surface area contributed by atoms with Gasteiger partial charge in [0.25, 0.3) is 0 Å². The molecule has 0 heterocycles. The Morgan fingerprint density at radius 3 is 2.00 bits per heavy atom. The number of rotatable bonds is 1. The minimum atomic E-state index is -0.759. The van der Waals surface area contributed by atoms with Gasteiger partial charge in [0, 0.05) is 0 Å². The van der Waals surface area contributed by atoms with Gasteiger partial charge in [0.1, 0.15) is 0 Å². The molecule has 0 radical (unpaired) electrons. The molecule has 0 aliphatic rings. The van der Waals surface area contributed by atoms with E-state index in [1.54, 1.807) is 22.6 Å². The summed E-state index contributed by atoms with van der Waals surface area (Å²) in [5.41, 5.74) is 0. The van der Waals surface area contributed by atoms with E-state index in [0.717, 1.165) is 0 Å². The molecule has 0 aliphatic carbocycles. The Morgan fingerprint density at radius 1 is 1.83 bits per heavy atom. The highest BCUT2D eigenvalue weighted by Gasteiger charge is 1.82. The van der Waals surface area contributed by atoms with Crippen molar-refractivity contribution in [2.45, 2.75) is 0 Å². The second kappa shape index (κ2) is 5.16. The van der Waals surface area contributed by atoms with Crippen LogP contribution in [0.4, 0.5) is 0 Å². The van der Waals surface area contributed by atoms with Crippen molar-refractivity contribution in [2.75, 3.05) is 4.43 Å². The highest BCUT2D eigenvalue weighted by molar-refractivity contribution is 14.1. The molecule has 3 N–H and O–H groups in total. The zero-order chi connectivity index (χ0) is 4.28. The van der Waals surface area contributed by atoms with Gasteiger partial charge in [-0.2, -0.15) is 0 Å². The Balaban J connectivity index is 0. The van der Waals surface area contributed by atoms with E-state index < -0.39 is 5.97 Å². The second-order valence-corrected chi connectivity index (χ2v) is 1.29. The maximum atomic E-state index is 9.36. The topological polar surface area (TPSA) is 68.8 Å². The molecule has 4 heteroatoms. The Labute approximate surface area is 48.8 Å². The normalized spacial score (nSPS) is 6.17. The number of halogens is 1. The number of hydrogen-bond acceptors (Lipinski definition) is 1. The fourth-order valence-electron chi connectivity index (χ4n) is 0. The van der Waals surface area contributed by atoms with E-state index in [2.05, 4.69) is 0 Å². The summed E-state index contributed by atoms with van der Waals surface area (Å²) in [7, 11) is 0. The summed E-state index contributed by atoms with van der Waals surface area (Å²) < 4.78 is 0.192. The van der Waals surface area contributed by atoms with E-state index in [9.17, 15) is 4.79 Å². The monoisotopic (exact) mass is 204 g/mol. The van der Waals surface area contributed by atoms with Crippen LogP contribution in [0.1, 0.15) is 0 Å². The molecule has 0 bridgehead atoms. The van der Waals surface area contributed by atoms with Crippen LogP contribution in [0.25, 0.3) is 0 Å². The third-order valence-corrected chi connectivity index (χ3v) is 0.767. The maximum absolute atomic E-state index is 9.36. The predicted molar refractivity (Wildman–Crippen MR) is 30.1 cm³/mol. The van der Waals surface area contributed by atoms with E-state index in [1.807, 2.05) is 0 Å². The van der Waals surface area contributed by atoms with Gasteiger partial charge in [0.2, 0.25) is 0 Å². The second-order valence-electron chi connectivity index (χ2n) is 0.527. The van der Waals surface area contributed by atoms with E-state index in [0.29, 0.717) is 0 Å². The number of alkyl halides is 1. The first kappa shape index (κ1) is 9.48. The summed E-state index contributed by atoms with van der Waals surface area (Å²) in [5, 5.41) is 7.71. The molecule has 6 heavy (non-hydrogen) atoms. The van der Waals surface area contributed by atoms with Crippen LogP contribution in [-0.2, 0) is 4.79 Å². The van der Waals surface area contributed by atoms with Crippen LogP contribution < -0.4 is 0 Å². The van der Waals surface area contributed by atoms with Gasteiger partial charge < -0.3 is 10.6 Å². The van der Waals surface area contributed by atoms with E-state index in [-0.39, 0.29) is 9.90 Å². The third kappa shape index (κ3) is 8.90. The fourth-order valence-corrected chi connectivity index (χ4v) is 0. The molecule has 0 atom stereocenters. The molecule has 0 rings (SSSR count). The maximum Gasteiger partial charge on any atom is 0.313 e. The molecule has 0 spiro atoms. The van der Waals surface area contributed by atoms with E-state index in [4.69, 9.17) is 5.11 Å². The van der Waals surface area contributed by atoms with Crippen molar-refractivity contribution < 1.29 is 15.4 Å². The number of carboxylic acid groups (broad SMARTS) is 1. The zero-order valence-electron chi connectivity index (χ0n) is 2.94. The van der Waals surface area contributed by atoms with Crippen LogP contribution in [0.5, 0.6) is 0 Å². The number of aliphatic carboxylic acids is 1. The Morgan fingerprint density at radius 2 is 2.00 bits per heavy atom. The summed E-state index contributed by atoms with van der Waals surface area (Å²) in [4.78, 5) is 9.36. The van der Waals surface area contributed by atoms with Crippen molar-refractivity contribution in [3.05, 3.63) is 0 Å². The van der Waals surface area contributed by atoms with Gasteiger partial charge in [0.05, 0.1) is 4.43 Å². The van der Waals surface area contributed by atoms with Crippen molar-refractivity contribution in [1.29, 1.82) is 0 Å². The largest absolute Gasteiger partial charge is 0.481 e. The molecule has 0 aliphatic heterocycles. The van der Waals surface area contributed by atoms with Crippen molar-refractivity contribution in [2.24, 2.45) is 0 Å². The summed E-state index contributed by atoms with van der Waals surface area (Å²) in [6.45, 7) is 0. The Hall–Kier alpha value is 0.160. The molecule has 0 aromatic heterocycles. The lowest BCUT2D eigenvalue weighted by atomic mass is 10.9. The van der Waals surface area contributed by atoms with Crippen molar-refractivity contribution in [3.63, 3.8) is 0 Å². The predicted octanol–water partition coefficient (Wildman–Crippen LogP) is -0.319. The van der Waals surface area contributed by atoms with Gasteiger partial charge in [-0.15, -0.1) is 0 Å². The molecule has 0 unspecified atom stereocenters. The van der Waals surface area contributed by atoms with Crippen LogP contribution in [0.2, 0.25) is 0 Å². The standard InChI is InChI=1S/C2H3IO2.H2O/c3-1-2(4)5;/h1H2,(H,4,5);1H2. The van der Waals surface area contributed by atoms with Crippen LogP contribution in [0.3, 0.4) is 0 Å². The van der Waals surface area contributed by atoms with Gasteiger partial charge in [-0.25, -0.2) is 0 Å². The average molecular weight is 204 g/mol. The fraction of sp³-hybridized carbons (Fsp3) is 0.500. The van der Waals surface area contributed by atoms with Crippen LogP contribution in [-0.4, -0.2) is 21.0 Å². The molecule has 0 aromatic carbocycles. The summed E-state index contributed by atoms with van der Waals surface area (Å²) in [6.07, 6.45) is 0.